The largest absolute Gasteiger partial charge is 0.467 e. The van der Waals surface area contributed by atoms with Gasteiger partial charge < -0.3 is 19.3 Å². The van der Waals surface area contributed by atoms with Gasteiger partial charge >= 0.3 is 5.97 Å². The molecule has 0 bridgehead atoms. The SMILES string of the molecule is COC(=O)[C@](C)(O)Cc1cccc(Oc2ccc(Oc3ccc(Cl)cc3)cc2C=O)c1. The lowest BCUT2D eigenvalue weighted by Crippen LogP contribution is -2.38. The summed E-state index contributed by atoms with van der Waals surface area (Å²) in [4.78, 5) is 23.3. The zero-order chi connectivity index (χ0) is 22.4. The molecular formula is C24H21ClO6. The highest BCUT2D eigenvalue weighted by atomic mass is 35.5. The molecule has 0 heterocycles. The molecule has 0 radical (unpaired) electrons. The Labute approximate surface area is 184 Å². The number of carbonyl (C=O) groups excluding carboxylic acids is 2. The number of halogens is 1. The Hall–Kier alpha value is -3.35. The van der Waals surface area contributed by atoms with E-state index < -0.39 is 11.6 Å². The third kappa shape index (κ3) is 5.84. The van der Waals surface area contributed by atoms with E-state index in [1.807, 2.05) is 0 Å². The first-order valence-corrected chi connectivity index (χ1v) is 9.79. The molecule has 3 aromatic rings. The van der Waals surface area contributed by atoms with Gasteiger partial charge in [-0.05, 0) is 67.1 Å². The van der Waals surface area contributed by atoms with E-state index in [0.29, 0.717) is 45.4 Å². The van der Waals surface area contributed by atoms with Crippen molar-refractivity contribution in [2.45, 2.75) is 18.9 Å². The molecule has 160 valence electrons. The van der Waals surface area contributed by atoms with Crippen molar-refractivity contribution in [3.05, 3.63) is 82.9 Å². The minimum atomic E-state index is -1.66. The van der Waals surface area contributed by atoms with Crippen molar-refractivity contribution >= 4 is 23.9 Å². The van der Waals surface area contributed by atoms with Gasteiger partial charge in [-0.1, -0.05) is 23.7 Å². The predicted octanol–water partition coefficient (Wildman–Crippen LogP) is 5.20. The van der Waals surface area contributed by atoms with Crippen LogP contribution < -0.4 is 9.47 Å². The van der Waals surface area contributed by atoms with E-state index in [2.05, 4.69) is 4.74 Å². The second-order valence-corrected chi connectivity index (χ2v) is 7.50. The van der Waals surface area contributed by atoms with Crippen LogP contribution in [0, 0.1) is 0 Å². The van der Waals surface area contributed by atoms with E-state index in [0.717, 1.165) is 0 Å². The Morgan fingerprint density at radius 3 is 2.35 bits per heavy atom. The molecule has 0 fully saturated rings. The third-order valence-corrected chi connectivity index (χ3v) is 4.71. The van der Waals surface area contributed by atoms with Gasteiger partial charge in [-0.25, -0.2) is 4.79 Å². The monoisotopic (exact) mass is 440 g/mol. The van der Waals surface area contributed by atoms with Crippen molar-refractivity contribution in [1.82, 2.24) is 0 Å². The molecule has 0 unspecified atom stereocenters. The van der Waals surface area contributed by atoms with E-state index in [9.17, 15) is 14.7 Å². The van der Waals surface area contributed by atoms with Crippen LogP contribution in [0.15, 0.2) is 66.7 Å². The number of benzene rings is 3. The summed E-state index contributed by atoms with van der Waals surface area (Å²) in [6.45, 7) is 1.39. The molecule has 0 saturated carbocycles. The zero-order valence-electron chi connectivity index (χ0n) is 17.0. The fourth-order valence-electron chi connectivity index (χ4n) is 2.95. The fourth-order valence-corrected chi connectivity index (χ4v) is 3.08. The number of aldehydes is 1. The first-order valence-electron chi connectivity index (χ1n) is 9.41. The summed E-state index contributed by atoms with van der Waals surface area (Å²) in [6.07, 6.45) is 0.723. The molecule has 31 heavy (non-hydrogen) atoms. The summed E-state index contributed by atoms with van der Waals surface area (Å²) in [7, 11) is 1.22. The summed E-state index contributed by atoms with van der Waals surface area (Å²) >= 11 is 5.87. The maximum Gasteiger partial charge on any atom is 0.337 e. The van der Waals surface area contributed by atoms with Crippen molar-refractivity contribution in [3.63, 3.8) is 0 Å². The number of esters is 1. The molecular weight excluding hydrogens is 420 g/mol. The van der Waals surface area contributed by atoms with Crippen LogP contribution in [0.2, 0.25) is 5.02 Å². The topological polar surface area (TPSA) is 82.1 Å². The molecule has 1 N–H and O–H groups in total. The first kappa shape index (κ1) is 22.3. The molecule has 3 rings (SSSR count). The second-order valence-electron chi connectivity index (χ2n) is 7.07. The van der Waals surface area contributed by atoms with Gasteiger partial charge in [-0.3, -0.25) is 4.79 Å². The number of ether oxygens (including phenoxy) is 3. The average molecular weight is 441 g/mol. The number of hydrogen-bond donors (Lipinski definition) is 1. The Morgan fingerprint density at radius 2 is 1.68 bits per heavy atom. The predicted molar refractivity (Wildman–Crippen MR) is 116 cm³/mol. The molecule has 0 aliphatic rings. The van der Waals surface area contributed by atoms with Crippen LogP contribution in [-0.2, 0) is 16.0 Å². The Balaban J connectivity index is 1.77. The van der Waals surface area contributed by atoms with Crippen LogP contribution in [0.1, 0.15) is 22.8 Å². The minimum absolute atomic E-state index is 0.0469. The number of methoxy groups -OCH3 is 1. The zero-order valence-corrected chi connectivity index (χ0v) is 17.8. The lowest BCUT2D eigenvalue weighted by Gasteiger charge is -2.20. The van der Waals surface area contributed by atoms with Gasteiger partial charge in [0.05, 0.1) is 12.7 Å². The minimum Gasteiger partial charge on any atom is -0.467 e. The number of aliphatic hydroxyl groups is 1. The summed E-state index contributed by atoms with van der Waals surface area (Å²) in [6, 6.07) is 18.6. The van der Waals surface area contributed by atoms with Gasteiger partial charge in [0.15, 0.2) is 11.9 Å². The fraction of sp³-hybridized carbons (Fsp3) is 0.167. The van der Waals surface area contributed by atoms with E-state index in [4.69, 9.17) is 21.1 Å². The van der Waals surface area contributed by atoms with Crippen LogP contribution in [0.25, 0.3) is 0 Å². The highest BCUT2D eigenvalue weighted by molar-refractivity contribution is 6.30. The molecule has 6 nitrogen and oxygen atoms in total. The molecule has 0 aliphatic heterocycles. The highest BCUT2D eigenvalue weighted by Crippen LogP contribution is 2.31. The summed E-state index contributed by atoms with van der Waals surface area (Å²) in [5.74, 6) is 1.13. The summed E-state index contributed by atoms with van der Waals surface area (Å²) in [5, 5.41) is 10.9. The maximum absolute atomic E-state index is 11.7. The van der Waals surface area contributed by atoms with Crippen molar-refractivity contribution in [2.75, 3.05) is 7.11 Å². The van der Waals surface area contributed by atoms with E-state index >= 15 is 0 Å². The van der Waals surface area contributed by atoms with Gasteiger partial charge in [-0.2, -0.15) is 0 Å². The lowest BCUT2D eigenvalue weighted by molar-refractivity contribution is -0.160. The van der Waals surface area contributed by atoms with Crippen molar-refractivity contribution in [3.8, 4) is 23.0 Å². The lowest BCUT2D eigenvalue weighted by atomic mass is 9.96. The van der Waals surface area contributed by atoms with Crippen LogP contribution in [0.4, 0.5) is 0 Å². The van der Waals surface area contributed by atoms with Gasteiger partial charge in [0.2, 0.25) is 0 Å². The van der Waals surface area contributed by atoms with Gasteiger partial charge in [0, 0.05) is 11.4 Å². The van der Waals surface area contributed by atoms with Gasteiger partial charge in [-0.15, -0.1) is 0 Å². The van der Waals surface area contributed by atoms with E-state index in [1.165, 1.54) is 14.0 Å². The van der Waals surface area contributed by atoms with Crippen molar-refractivity contribution < 1.29 is 28.9 Å². The number of hydrogen-bond acceptors (Lipinski definition) is 6. The van der Waals surface area contributed by atoms with E-state index in [-0.39, 0.29) is 6.42 Å². The molecule has 0 spiro atoms. The average Bonchev–Trinajstić information content (AvgIpc) is 2.75. The maximum atomic E-state index is 11.7. The Morgan fingerprint density at radius 1 is 1.00 bits per heavy atom. The van der Waals surface area contributed by atoms with Gasteiger partial charge in [0.1, 0.15) is 23.0 Å². The summed E-state index contributed by atoms with van der Waals surface area (Å²) < 4.78 is 16.2. The third-order valence-electron chi connectivity index (χ3n) is 4.46. The second kappa shape index (κ2) is 9.64. The molecule has 0 amide bonds. The molecule has 0 aliphatic carbocycles. The molecule has 0 saturated heterocycles. The Kier molecular flexibility index (Phi) is 6.95. The highest BCUT2D eigenvalue weighted by Gasteiger charge is 2.31. The molecule has 7 heteroatoms. The first-order chi connectivity index (χ1) is 14.8. The van der Waals surface area contributed by atoms with Gasteiger partial charge in [0.25, 0.3) is 0 Å². The van der Waals surface area contributed by atoms with Crippen molar-refractivity contribution in [2.24, 2.45) is 0 Å². The molecule has 3 aromatic carbocycles. The van der Waals surface area contributed by atoms with Crippen LogP contribution in [0.5, 0.6) is 23.0 Å². The molecule has 0 aromatic heterocycles. The molecule has 1 atom stereocenters. The summed E-state index contributed by atoms with van der Waals surface area (Å²) in [5.41, 5.74) is -0.691. The smallest absolute Gasteiger partial charge is 0.337 e. The number of carbonyl (C=O) groups is 2. The van der Waals surface area contributed by atoms with Crippen LogP contribution >= 0.6 is 11.6 Å². The number of rotatable bonds is 8. The van der Waals surface area contributed by atoms with Crippen molar-refractivity contribution in [1.29, 1.82) is 0 Å². The quantitative estimate of drug-likeness (QED) is 0.383. The Bertz CT molecular complexity index is 1080. The van der Waals surface area contributed by atoms with Crippen LogP contribution in [0.3, 0.4) is 0 Å². The van der Waals surface area contributed by atoms with Crippen LogP contribution in [-0.4, -0.2) is 30.1 Å². The van der Waals surface area contributed by atoms with E-state index in [1.54, 1.807) is 66.7 Å². The normalized spacial score (nSPS) is 12.5. The standard InChI is InChI=1S/C24H21ClO6/c1-24(28,23(27)29-2)14-16-4-3-5-20(12-16)31-22-11-10-21(13-17(22)15-26)30-19-8-6-18(25)7-9-19/h3-13,15,28H,14H2,1-2H3/t24-/m1/s1.